The number of nitrogens with zero attached hydrogens (tertiary/aromatic N) is 7. The van der Waals surface area contributed by atoms with Gasteiger partial charge < -0.3 is 14.5 Å². The topological polar surface area (TPSA) is 89.3 Å². The number of para-hydroxylation sites is 1. The molecule has 9 nitrogen and oxygen atoms in total. The van der Waals surface area contributed by atoms with Crippen LogP contribution in [0, 0.1) is 19.7 Å². The number of methoxy groups -OCH3 is 1. The number of aryl methyl sites for hydroxylation is 2. The second kappa shape index (κ2) is 11.2. The Labute approximate surface area is 224 Å². The van der Waals surface area contributed by atoms with Gasteiger partial charge in [0.05, 0.1) is 24.2 Å². The molecule has 1 amide bonds. The van der Waals surface area contributed by atoms with E-state index in [0.717, 1.165) is 22.8 Å². The van der Waals surface area contributed by atoms with Crippen LogP contribution in [0.1, 0.15) is 27.6 Å². The molecule has 3 heterocycles. The van der Waals surface area contributed by atoms with Crippen LogP contribution in [0.2, 0.25) is 0 Å². The first-order valence-electron chi connectivity index (χ1n) is 12.3. The molecule has 0 aliphatic carbocycles. The summed E-state index contributed by atoms with van der Waals surface area (Å²) < 4.78 is 21.2. The molecular formula is C27H28FN7O2S. The molecule has 196 valence electrons. The van der Waals surface area contributed by atoms with Gasteiger partial charge in [0.25, 0.3) is 5.91 Å². The first-order chi connectivity index (χ1) is 18.4. The van der Waals surface area contributed by atoms with E-state index in [2.05, 4.69) is 20.3 Å². The van der Waals surface area contributed by atoms with E-state index in [1.165, 1.54) is 17.8 Å². The van der Waals surface area contributed by atoms with Gasteiger partial charge in [0.1, 0.15) is 11.6 Å². The minimum atomic E-state index is -0.261. The van der Waals surface area contributed by atoms with Gasteiger partial charge in [-0.15, -0.1) is 5.10 Å². The smallest absolute Gasteiger partial charge is 0.276 e. The van der Waals surface area contributed by atoms with Crippen molar-refractivity contribution in [2.24, 2.45) is 0 Å². The van der Waals surface area contributed by atoms with Crippen LogP contribution >= 0.6 is 11.8 Å². The normalized spacial score (nSPS) is 13.6. The number of piperazine rings is 1. The number of hydrogen-bond acceptors (Lipinski definition) is 8. The van der Waals surface area contributed by atoms with E-state index in [1.807, 2.05) is 55.1 Å². The average molecular weight is 534 g/mol. The van der Waals surface area contributed by atoms with Crippen LogP contribution in [0.4, 0.5) is 10.1 Å². The maximum Gasteiger partial charge on any atom is 0.276 e. The van der Waals surface area contributed by atoms with E-state index < -0.39 is 0 Å². The van der Waals surface area contributed by atoms with Gasteiger partial charge in [-0.1, -0.05) is 29.1 Å². The van der Waals surface area contributed by atoms with Gasteiger partial charge in [-0.05, 0) is 56.3 Å². The molecule has 0 atom stereocenters. The summed E-state index contributed by atoms with van der Waals surface area (Å²) in [7, 11) is 1.61. The molecule has 0 saturated carbocycles. The number of rotatable bonds is 7. The van der Waals surface area contributed by atoms with Crippen LogP contribution < -0.4 is 9.64 Å². The first kappa shape index (κ1) is 25.7. The fourth-order valence-electron chi connectivity index (χ4n) is 4.43. The third-order valence-corrected chi connectivity index (χ3v) is 7.20. The van der Waals surface area contributed by atoms with E-state index in [1.54, 1.807) is 28.8 Å². The molecule has 1 saturated heterocycles. The summed E-state index contributed by atoms with van der Waals surface area (Å²) in [6.45, 7) is 5.82. The number of aromatic nitrogens is 5. The maximum absolute atomic E-state index is 14.3. The number of benzene rings is 2. The molecule has 2 aromatic heterocycles. The van der Waals surface area contributed by atoms with Crippen molar-refractivity contribution in [1.29, 1.82) is 0 Å². The number of anilines is 1. The summed E-state index contributed by atoms with van der Waals surface area (Å²) in [5.74, 6) is 0.660. The average Bonchev–Trinajstić information content (AvgIpc) is 3.35. The molecule has 0 radical (unpaired) electrons. The predicted molar refractivity (Wildman–Crippen MR) is 143 cm³/mol. The lowest BCUT2D eigenvalue weighted by Gasteiger charge is -2.36. The van der Waals surface area contributed by atoms with Gasteiger partial charge in [-0.25, -0.2) is 19.0 Å². The number of ether oxygens (including phenoxy) is 1. The van der Waals surface area contributed by atoms with Crippen LogP contribution in [-0.4, -0.2) is 69.1 Å². The zero-order valence-corrected chi connectivity index (χ0v) is 22.3. The van der Waals surface area contributed by atoms with Gasteiger partial charge in [0, 0.05) is 43.3 Å². The highest BCUT2D eigenvalue weighted by atomic mass is 32.2. The zero-order valence-electron chi connectivity index (χ0n) is 21.5. The summed E-state index contributed by atoms with van der Waals surface area (Å²) >= 11 is 1.43. The molecule has 11 heteroatoms. The first-order valence-corrected chi connectivity index (χ1v) is 13.2. The minimum Gasteiger partial charge on any atom is -0.497 e. The quantitative estimate of drug-likeness (QED) is 0.259. The van der Waals surface area contributed by atoms with Gasteiger partial charge in [0.15, 0.2) is 10.9 Å². The fourth-order valence-corrected chi connectivity index (χ4v) is 5.37. The molecule has 2 aromatic carbocycles. The minimum absolute atomic E-state index is 0.199. The van der Waals surface area contributed by atoms with Crippen molar-refractivity contribution >= 4 is 23.4 Å². The van der Waals surface area contributed by atoms with Crippen molar-refractivity contribution in [3.8, 4) is 11.4 Å². The molecule has 0 N–H and O–H groups in total. The molecule has 0 unspecified atom stereocenters. The van der Waals surface area contributed by atoms with Crippen molar-refractivity contribution in [3.05, 3.63) is 83.2 Å². The van der Waals surface area contributed by atoms with E-state index in [9.17, 15) is 9.18 Å². The summed E-state index contributed by atoms with van der Waals surface area (Å²) in [4.78, 5) is 26.4. The second-order valence-corrected chi connectivity index (χ2v) is 9.89. The predicted octanol–water partition coefficient (Wildman–Crippen LogP) is 4.08. The standard InChI is InChI=1S/C27H28FN7O2S/c1-18-16-19(2)30-27(29-18)38-17-24-25(31-32-35(24)20-8-10-21(37-3)11-9-20)26(36)34-14-12-33(13-15-34)23-7-5-4-6-22(23)28/h4-11,16H,12-15,17H2,1-3H3. The SMILES string of the molecule is COc1ccc(-n2nnc(C(=O)N3CCN(c4ccccc4F)CC3)c2CSc2nc(C)cc(C)n2)cc1. The van der Waals surface area contributed by atoms with Gasteiger partial charge in [0.2, 0.25) is 0 Å². The Hall–Kier alpha value is -3.99. The zero-order chi connectivity index (χ0) is 26.6. The molecular weight excluding hydrogens is 505 g/mol. The highest BCUT2D eigenvalue weighted by molar-refractivity contribution is 7.98. The molecule has 1 aliphatic rings. The van der Waals surface area contributed by atoms with Gasteiger partial charge in [-0.3, -0.25) is 4.79 Å². The monoisotopic (exact) mass is 533 g/mol. The van der Waals surface area contributed by atoms with Crippen LogP contribution in [0.5, 0.6) is 5.75 Å². The Morgan fingerprint density at radius 2 is 1.68 bits per heavy atom. The summed E-state index contributed by atoms with van der Waals surface area (Å²) in [5, 5.41) is 9.28. The van der Waals surface area contributed by atoms with Crippen molar-refractivity contribution in [2.45, 2.75) is 24.8 Å². The highest BCUT2D eigenvalue weighted by Crippen LogP contribution is 2.26. The van der Waals surface area contributed by atoms with Crippen molar-refractivity contribution < 1.29 is 13.9 Å². The molecule has 0 bridgehead atoms. The largest absolute Gasteiger partial charge is 0.497 e. The number of amides is 1. The van der Waals surface area contributed by atoms with Gasteiger partial charge in [-0.2, -0.15) is 0 Å². The summed E-state index contributed by atoms with van der Waals surface area (Å²) in [5.41, 5.74) is 4.02. The Morgan fingerprint density at radius 3 is 2.34 bits per heavy atom. The second-order valence-electron chi connectivity index (χ2n) is 8.95. The van der Waals surface area contributed by atoms with E-state index in [4.69, 9.17) is 4.74 Å². The van der Waals surface area contributed by atoms with Crippen LogP contribution in [0.15, 0.2) is 59.8 Å². The summed E-state index contributed by atoms with van der Waals surface area (Å²) in [6, 6.07) is 16.0. The lowest BCUT2D eigenvalue weighted by molar-refractivity contribution is 0.0739. The molecule has 0 spiro atoms. The van der Waals surface area contributed by atoms with Crippen LogP contribution in [-0.2, 0) is 5.75 Å². The molecule has 1 fully saturated rings. The molecule has 38 heavy (non-hydrogen) atoms. The summed E-state index contributed by atoms with van der Waals surface area (Å²) in [6.07, 6.45) is 0. The number of halogens is 1. The third-order valence-electron chi connectivity index (χ3n) is 6.34. The Kier molecular flexibility index (Phi) is 7.54. The number of thioether (sulfide) groups is 1. The highest BCUT2D eigenvalue weighted by Gasteiger charge is 2.29. The molecule has 1 aliphatic heterocycles. The van der Waals surface area contributed by atoms with E-state index in [-0.39, 0.29) is 17.4 Å². The maximum atomic E-state index is 14.3. The van der Waals surface area contributed by atoms with E-state index in [0.29, 0.717) is 48.5 Å². The lowest BCUT2D eigenvalue weighted by atomic mass is 10.2. The van der Waals surface area contributed by atoms with E-state index >= 15 is 0 Å². The van der Waals surface area contributed by atoms with Crippen LogP contribution in [0.3, 0.4) is 0 Å². The Bertz CT molecular complexity index is 1420. The molecule has 5 rings (SSSR count). The van der Waals surface area contributed by atoms with Crippen LogP contribution in [0.25, 0.3) is 5.69 Å². The van der Waals surface area contributed by atoms with Crippen molar-refractivity contribution in [3.63, 3.8) is 0 Å². The number of carbonyl (C=O) groups is 1. The van der Waals surface area contributed by atoms with Gasteiger partial charge >= 0.3 is 0 Å². The lowest BCUT2D eigenvalue weighted by Crippen LogP contribution is -2.49. The third kappa shape index (κ3) is 5.47. The fraction of sp³-hybridized carbons (Fsp3) is 0.296. The number of carbonyl (C=O) groups excluding carboxylic acids is 1. The Morgan fingerprint density at radius 1 is 1.00 bits per heavy atom. The Balaban J connectivity index is 1.39. The van der Waals surface area contributed by atoms with Crippen molar-refractivity contribution in [2.75, 3.05) is 38.2 Å². The number of hydrogen-bond donors (Lipinski definition) is 0. The van der Waals surface area contributed by atoms with Crippen molar-refractivity contribution in [1.82, 2.24) is 29.9 Å². The molecule has 4 aromatic rings.